The van der Waals surface area contributed by atoms with Crippen LogP contribution in [0.3, 0.4) is 0 Å². The molecule has 2 heteroatoms. The summed E-state index contributed by atoms with van der Waals surface area (Å²) in [6, 6.07) is 8.66. The molecule has 0 fully saturated rings. The topological polar surface area (TPSA) is 37.3 Å². The first-order valence-electron chi connectivity index (χ1n) is 6.93. The average Bonchev–Trinajstić information content (AvgIpc) is 2.46. The lowest BCUT2D eigenvalue weighted by molar-refractivity contribution is -0.132. The van der Waals surface area contributed by atoms with Crippen LogP contribution in [0, 0.1) is 0 Å². The average molecular weight is 256 g/mol. The molecule has 0 aliphatic heterocycles. The maximum atomic E-state index is 10.8. The second-order valence-corrected chi connectivity index (χ2v) is 4.99. The van der Waals surface area contributed by atoms with Gasteiger partial charge in [-0.3, -0.25) is 0 Å². The lowest BCUT2D eigenvalue weighted by Crippen LogP contribution is -2.03. The summed E-state index contributed by atoms with van der Waals surface area (Å²) in [4.78, 5) is 10.8. The highest BCUT2D eigenvalue weighted by Crippen LogP contribution is 2.27. The summed E-state index contributed by atoms with van der Waals surface area (Å²) in [6.07, 6.45) is 8.69. The van der Waals surface area contributed by atoms with Gasteiger partial charge in [-0.25, -0.2) is 4.79 Å². The molecule has 0 amide bonds. The molecule has 2 rings (SSSR count). The molecule has 0 spiro atoms. The molecule has 1 N–H and O–H groups in total. The first-order chi connectivity index (χ1) is 9.20. The number of rotatable bonds is 5. The van der Waals surface area contributed by atoms with Crippen LogP contribution in [-0.4, -0.2) is 11.1 Å². The lowest BCUT2D eigenvalue weighted by atomic mass is 9.92. The fourth-order valence-electron chi connectivity index (χ4n) is 2.32. The molecule has 0 bridgehead atoms. The van der Waals surface area contributed by atoms with Crippen molar-refractivity contribution in [3.8, 4) is 0 Å². The summed E-state index contributed by atoms with van der Waals surface area (Å²) in [5.74, 6) is -0.801. The SMILES string of the molecule is CCCCc1ccc(C2=CC=C(C(=O)O)CC2)cc1. The van der Waals surface area contributed by atoms with Crippen LogP contribution in [0.5, 0.6) is 0 Å². The summed E-state index contributed by atoms with van der Waals surface area (Å²) in [5, 5.41) is 8.92. The molecule has 0 radical (unpaired) electrons. The first-order valence-corrected chi connectivity index (χ1v) is 6.93. The van der Waals surface area contributed by atoms with Gasteiger partial charge in [-0.15, -0.1) is 0 Å². The largest absolute Gasteiger partial charge is 0.478 e. The number of carboxylic acids is 1. The molecular weight excluding hydrogens is 236 g/mol. The van der Waals surface area contributed by atoms with Crippen molar-refractivity contribution in [2.45, 2.75) is 39.0 Å². The number of benzene rings is 1. The third kappa shape index (κ3) is 3.57. The highest BCUT2D eigenvalue weighted by Gasteiger charge is 2.12. The van der Waals surface area contributed by atoms with E-state index in [4.69, 9.17) is 5.11 Å². The Morgan fingerprint density at radius 1 is 1.16 bits per heavy atom. The third-order valence-corrected chi connectivity index (χ3v) is 3.57. The highest BCUT2D eigenvalue weighted by molar-refractivity contribution is 5.89. The number of hydrogen-bond acceptors (Lipinski definition) is 1. The Hall–Kier alpha value is -1.83. The molecule has 19 heavy (non-hydrogen) atoms. The van der Waals surface area contributed by atoms with Gasteiger partial charge in [0.25, 0.3) is 0 Å². The van der Waals surface area contributed by atoms with Gasteiger partial charge in [0.15, 0.2) is 0 Å². The van der Waals surface area contributed by atoms with Crippen LogP contribution in [0.4, 0.5) is 0 Å². The minimum Gasteiger partial charge on any atom is -0.478 e. The summed E-state index contributed by atoms with van der Waals surface area (Å²) < 4.78 is 0. The predicted molar refractivity (Wildman–Crippen MR) is 78.0 cm³/mol. The normalized spacial score (nSPS) is 14.8. The van der Waals surface area contributed by atoms with E-state index in [1.807, 2.05) is 6.08 Å². The number of aryl methyl sites for hydroxylation is 1. The van der Waals surface area contributed by atoms with E-state index in [9.17, 15) is 4.79 Å². The second-order valence-electron chi connectivity index (χ2n) is 4.99. The number of carbonyl (C=O) groups is 1. The molecule has 1 aromatic carbocycles. The maximum absolute atomic E-state index is 10.8. The van der Waals surface area contributed by atoms with E-state index >= 15 is 0 Å². The summed E-state index contributed by atoms with van der Waals surface area (Å²) >= 11 is 0. The molecule has 100 valence electrons. The van der Waals surface area contributed by atoms with Gasteiger partial charge in [0.1, 0.15) is 0 Å². The molecule has 0 unspecified atom stereocenters. The van der Waals surface area contributed by atoms with Gasteiger partial charge in [0.2, 0.25) is 0 Å². The van der Waals surface area contributed by atoms with E-state index in [0.717, 1.165) is 12.8 Å². The van der Waals surface area contributed by atoms with Crippen molar-refractivity contribution in [2.75, 3.05) is 0 Å². The third-order valence-electron chi connectivity index (χ3n) is 3.57. The zero-order chi connectivity index (χ0) is 13.7. The van der Waals surface area contributed by atoms with Crippen LogP contribution in [0.25, 0.3) is 5.57 Å². The maximum Gasteiger partial charge on any atom is 0.331 e. The number of carboxylic acid groups (broad SMARTS) is 1. The van der Waals surface area contributed by atoms with E-state index in [0.29, 0.717) is 12.0 Å². The molecule has 2 nitrogen and oxygen atoms in total. The van der Waals surface area contributed by atoms with Gasteiger partial charge in [-0.05, 0) is 42.4 Å². The minimum absolute atomic E-state index is 0.503. The van der Waals surface area contributed by atoms with Gasteiger partial charge in [0, 0.05) is 5.57 Å². The number of hydrogen-bond donors (Lipinski definition) is 1. The van der Waals surface area contributed by atoms with Crippen LogP contribution < -0.4 is 0 Å². The second kappa shape index (κ2) is 6.37. The van der Waals surface area contributed by atoms with E-state index in [1.165, 1.54) is 29.5 Å². The van der Waals surface area contributed by atoms with Crippen molar-refractivity contribution in [3.05, 3.63) is 53.1 Å². The van der Waals surface area contributed by atoms with Crippen molar-refractivity contribution in [2.24, 2.45) is 0 Å². The van der Waals surface area contributed by atoms with Crippen molar-refractivity contribution in [3.63, 3.8) is 0 Å². The first kappa shape index (κ1) is 13.6. The number of aliphatic carboxylic acids is 1. The molecule has 0 saturated heterocycles. The van der Waals surface area contributed by atoms with Crippen LogP contribution in [0.15, 0.2) is 42.0 Å². The smallest absolute Gasteiger partial charge is 0.331 e. The van der Waals surface area contributed by atoms with Gasteiger partial charge < -0.3 is 5.11 Å². The van der Waals surface area contributed by atoms with Gasteiger partial charge in [-0.1, -0.05) is 49.8 Å². The Labute approximate surface area is 114 Å². The van der Waals surface area contributed by atoms with Crippen LogP contribution in [-0.2, 0) is 11.2 Å². The molecule has 0 aromatic heterocycles. The molecule has 0 heterocycles. The molecule has 1 aromatic rings. The number of allylic oxidation sites excluding steroid dienone is 3. The van der Waals surface area contributed by atoms with Crippen molar-refractivity contribution >= 4 is 11.5 Å². The molecule has 0 saturated carbocycles. The monoisotopic (exact) mass is 256 g/mol. The van der Waals surface area contributed by atoms with E-state index in [2.05, 4.69) is 31.2 Å². The lowest BCUT2D eigenvalue weighted by Gasteiger charge is -2.13. The van der Waals surface area contributed by atoms with E-state index < -0.39 is 5.97 Å². The summed E-state index contributed by atoms with van der Waals surface area (Å²) in [7, 11) is 0. The zero-order valence-corrected chi connectivity index (χ0v) is 11.4. The van der Waals surface area contributed by atoms with Crippen molar-refractivity contribution in [1.82, 2.24) is 0 Å². The Balaban J connectivity index is 2.09. The minimum atomic E-state index is -0.801. The number of unbranched alkanes of at least 4 members (excludes halogenated alkanes) is 1. The fourth-order valence-corrected chi connectivity index (χ4v) is 2.32. The summed E-state index contributed by atoms with van der Waals surface area (Å²) in [6.45, 7) is 2.20. The fraction of sp³-hybridized carbons (Fsp3) is 0.353. The molecule has 0 atom stereocenters. The molecule has 1 aliphatic rings. The van der Waals surface area contributed by atoms with Crippen LogP contribution >= 0.6 is 0 Å². The highest BCUT2D eigenvalue weighted by atomic mass is 16.4. The Kier molecular flexibility index (Phi) is 4.56. The Morgan fingerprint density at radius 2 is 1.89 bits per heavy atom. The van der Waals surface area contributed by atoms with Crippen LogP contribution in [0.1, 0.15) is 43.7 Å². The molecule has 1 aliphatic carbocycles. The van der Waals surface area contributed by atoms with Crippen LogP contribution in [0.2, 0.25) is 0 Å². The van der Waals surface area contributed by atoms with E-state index in [1.54, 1.807) is 6.08 Å². The van der Waals surface area contributed by atoms with Gasteiger partial charge >= 0.3 is 5.97 Å². The van der Waals surface area contributed by atoms with Crippen molar-refractivity contribution in [1.29, 1.82) is 0 Å². The zero-order valence-electron chi connectivity index (χ0n) is 11.4. The van der Waals surface area contributed by atoms with Crippen molar-refractivity contribution < 1.29 is 9.90 Å². The quantitative estimate of drug-likeness (QED) is 0.856. The predicted octanol–water partition coefficient (Wildman–Crippen LogP) is 4.22. The summed E-state index contributed by atoms with van der Waals surface area (Å²) in [5.41, 5.74) is 4.32. The molecular formula is C17H20O2. The van der Waals surface area contributed by atoms with Gasteiger partial charge in [0.05, 0.1) is 0 Å². The Morgan fingerprint density at radius 3 is 2.42 bits per heavy atom. The standard InChI is InChI=1S/C17H20O2/c1-2-3-4-13-5-7-14(8-6-13)15-9-11-16(12-10-15)17(18)19/h5-9,11H,2-4,10,12H2,1H3,(H,18,19). The Bertz CT molecular complexity index is 507. The van der Waals surface area contributed by atoms with Gasteiger partial charge in [-0.2, -0.15) is 0 Å². The van der Waals surface area contributed by atoms with E-state index in [-0.39, 0.29) is 0 Å².